The lowest BCUT2D eigenvalue weighted by atomic mass is 10.2. The largest absolute Gasteiger partial charge is 0.367 e. The summed E-state index contributed by atoms with van der Waals surface area (Å²) >= 11 is 6.30. The Morgan fingerprint density at radius 1 is 0.958 bits per heavy atom. The number of rotatable bonds is 2. The van der Waals surface area contributed by atoms with E-state index in [-0.39, 0.29) is 0 Å². The smallest absolute Gasteiger partial charge is 0.169 e. The first-order valence-electron chi connectivity index (χ1n) is 7.89. The molecule has 1 saturated heterocycles. The van der Waals surface area contributed by atoms with Gasteiger partial charge in [-0.3, -0.25) is 4.40 Å². The van der Waals surface area contributed by atoms with Crippen LogP contribution in [0.5, 0.6) is 0 Å². The maximum Gasteiger partial charge on any atom is 0.169 e. The van der Waals surface area contributed by atoms with Crippen LogP contribution in [-0.4, -0.2) is 35.6 Å². The molecule has 0 aliphatic carbocycles. The Bertz CT molecular complexity index is 919. The molecule has 3 heterocycles. The normalized spacial score (nSPS) is 14.8. The number of para-hydroxylation sites is 1. The summed E-state index contributed by atoms with van der Waals surface area (Å²) < 4.78 is 1.84. The molecule has 0 N–H and O–H groups in total. The lowest BCUT2D eigenvalue weighted by Gasteiger charge is -2.36. The molecule has 0 unspecified atom stereocenters. The number of fused-ring (bicyclic) bond motifs is 1. The number of nitriles is 1. The van der Waals surface area contributed by atoms with Gasteiger partial charge >= 0.3 is 0 Å². The van der Waals surface area contributed by atoms with Gasteiger partial charge in [-0.05, 0) is 24.3 Å². The molecule has 120 valence electrons. The summed E-state index contributed by atoms with van der Waals surface area (Å²) in [5.74, 6) is 0.766. The summed E-state index contributed by atoms with van der Waals surface area (Å²) in [6.07, 6.45) is 1.88. The highest BCUT2D eigenvalue weighted by molar-refractivity contribution is 6.33. The zero-order valence-electron chi connectivity index (χ0n) is 13.1. The summed E-state index contributed by atoms with van der Waals surface area (Å²) in [7, 11) is 0. The standard InChI is InChI=1S/C18H16ClN5/c19-14-5-1-2-6-15(14)22-9-11-23(12-10-22)18-16(13-20)24-8-4-3-7-17(24)21-18/h1-8H,9-12H2. The number of aromatic nitrogens is 2. The number of hydrogen-bond donors (Lipinski definition) is 0. The van der Waals surface area contributed by atoms with Crippen LogP contribution < -0.4 is 9.80 Å². The van der Waals surface area contributed by atoms with E-state index < -0.39 is 0 Å². The topological polar surface area (TPSA) is 47.6 Å². The van der Waals surface area contributed by atoms with E-state index in [1.807, 2.05) is 53.1 Å². The molecule has 0 spiro atoms. The van der Waals surface area contributed by atoms with Gasteiger partial charge in [0.05, 0.1) is 10.7 Å². The first-order valence-corrected chi connectivity index (χ1v) is 8.27. The SMILES string of the molecule is N#Cc1c(N2CCN(c3ccccc3Cl)CC2)nc2ccccn12. The van der Waals surface area contributed by atoms with Crippen molar-refractivity contribution in [3.8, 4) is 6.07 Å². The van der Waals surface area contributed by atoms with Gasteiger partial charge in [0.1, 0.15) is 11.7 Å². The van der Waals surface area contributed by atoms with E-state index >= 15 is 0 Å². The Morgan fingerprint density at radius 2 is 1.67 bits per heavy atom. The Morgan fingerprint density at radius 3 is 2.42 bits per heavy atom. The molecule has 24 heavy (non-hydrogen) atoms. The van der Waals surface area contributed by atoms with Gasteiger partial charge in [0, 0.05) is 32.4 Å². The van der Waals surface area contributed by atoms with Gasteiger partial charge in [-0.25, -0.2) is 4.98 Å². The number of benzene rings is 1. The van der Waals surface area contributed by atoms with Crippen LogP contribution in [0.4, 0.5) is 11.5 Å². The molecule has 0 saturated carbocycles. The summed E-state index contributed by atoms with van der Waals surface area (Å²) in [5, 5.41) is 10.3. The molecule has 2 aromatic heterocycles. The number of piperazine rings is 1. The highest BCUT2D eigenvalue weighted by atomic mass is 35.5. The Labute approximate surface area is 145 Å². The van der Waals surface area contributed by atoms with E-state index in [1.54, 1.807) is 0 Å². The maximum atomic E-state index is 9.54. The molecule has 1 aliphatic heterocycles. The van der Waals surface area contributed by atoms with Crippen molar-refractivity contribution >= 4 is 28.8 Å². The number of nitrogens with zero attached hydrogens (tertiary/aromatic N) is 5. The van der Waals surface area contributed by atoms with Crippen LogP contribution in [0.1, 0.15) is 5.69 Å². The summed E-state index contributed by atoms with van der Waals surface area (Å²) in [6.45, 7) is 3.32. The third-order valence-electron chi connectivity index (χ3n) is 4.39. The van der Waals surface area contributed by atoms with Crippen LogP contribution in [-0.2, 0) is 0 Å². The third-order valence-corrected chi connectivity index (χ3v) is 4.71. The van der Waals surface area contributed by atoms with Gasteiger partial charge in [0.2, 0.25) is 0 Å². The average molecular weight is 338 g/mol. The van der Waals surface area contributed by atoms with Crippen LogP contribution in [0.15, 0.2) is 48.7 Å². The van der Waals surface area contributed by atoms with E-state index in [4.69, 9.17) is 11.6 Å². The van der Waals surface area contributed by atoms with Crippen LogP contribution in [0.25, 0.3) is 5.65 Å². The molecule has 0 bridgehead atoms. The van der Waals surface area contributed by atoms with Crippen molar-refractivity contribution < 1.29 is 0 Å². The highest BCUT2D eigenvalue weighted by Crippen LogP contribution is 2.28. The molecule has 3 aromatic rings. The second-order valence-electron chi connectivity index (χ2n) is 5.75. The third kappa shape index (κ3) is 2.45. The predicted octanol–water partition coefficient (Wildman–Crippen LogP) is 3.19. The minimum Gasteiger partial charge on any atom is -0.367 e. The first kappa shape index (κ1) is 14.9. The predicted molar refractivity (Wildman–Crippen MR) is 95.8 cm³/mol. The zero-order valence-corrected chi connectivity index (χ0v) is 13.8. The number of halogens is 1. The summed E-state index contributed by atoms with van der Waals surface area (Å²) in [4.78, 5) is 9.10. The van der Waals surface area contributed by atoms with E-state index in [2.05, 4.69) is 20.9 Å². The minimum atomic E-state index is 0.594. The Hall–Kier alpha value is -2.71. The lowest BCUT2D eigenvalue weighted by Crippen LogP contribution is -2.47. The molecule has 0 radical (unpaired) electrons. The zero-order chi connectivity index (χ0) is 16.5. The van der Waals surface area contributed by atoms with Crippen molar-refractivity contribution in [2.24, 2.45) is 0 Å². The second kappa shape index (κ2) is 6.06. The van der Waals surface area contributed by atoms with Crippen molar-refractivity contribution in [1.82, 2.24) is 9.38 Å². The van der Waals surface area contributed by atoms with Crippen molar-refractivity contribution in [1.29, 1.82) is 5.26 Å². The molecule has 6 heteroatoms. The van der Waals surface area contributed by atoms with Crippen LogP contribution in [0.3, 0.4) is 0 Å². The molecule has 5 nitrogen and oxygen atoms in total. The van der Waals surface area contributed by atoms with E-state index in [1.165, 1.54) is 0 Å². The Kier molecular flexibility index (Phi) is 3.75. The number of hydrogen-bond acceptors (Lipinski definition) is 4. The van der Waals surface area contributed by atoms with E-state index in [0.29, 0.717) is 5.69 Å². The number of anilines is 2. The van der Waals surface area contributed by atoms with Gasteiger partial charge in [-0.2, -0.15) is 5.26 Å². The molecule has 4 rings (SSSR count). The highest BCUT2D eigenvalue weighted by Gasteiger charge is 2.23. The van der Waals surface area contributed by atoms with Crippen molar-refractivity contribution in [3.05, 3.63) is 59.4 Å². The van der Waals surface area contributed by atoms with Crippen LogP contribution >= 0.6 is 11.6 Å². The summed E-state index contributed by atoms with van der Waals surface area (Å²) in [5.41, 5.74) is 2.46. The van der Waals surface area contributed by atoms with Crippen LogP contribution in [0, 0.1) is 11.3 Å². The molecular formula is C18H16ClN5. The summed E-state index contributed by atoms with van der Waals surface area (Å²) in [6, 6.07) is 16.0. The maximum absolute atomic E-state index is 9.54. The molecular weight excluding hydrogens is 322 g/mol. The quantitative estimate of drug-likeness (QED) is 0.720. The van der Waals surface area contributed by atoms with Gasteiger partial charge < -0.3 is 9.80 Å². The van der Waals surface area contributed by atoms with Gasteiger partial charge in [0.25, 0.3) is 0 Å². The fraction of sp³-hybridized carbons (Fsp3) is 0.222. The Balaban J connectivity index is 1.59. The fourth-order valence-electron chi connectivity index (χ4n) is 3.18. The molecule has 1 fully saturated rings. The van der Waals surface area contributed by atoms with Crippen molar-refractivity contribution in [2.45, 2.75) is 0 Å². The van der Waals surface area contributed by atoms with Crippen molar-refractivity contribution in [2.75, 3.05) is 36.0 Å². The van der Waals surface area contributed by atoms with E-state index in [9.17, 15) is 5.26 Å². The minimum absolute atomic E-state index is 0.594. The first-order chi connectivity index (χ1) is 11.8. The lowest BCUT2D eigenvalue weighted by molar-refractivity contribution is 0.648. The number of imidazole rings is 1. The molecule has 0 atom stereocenters. The van der Waals surface area contributed by atoms with E-state index in [0.717, 1.165) is 48.4 Å². The molecule has 0 amide bonds. The van der Waals surface area contributed by atoms with Crippen molar-refractivity contribution in [3.63, 3.8) is 0 Å². The molecule has 1 aromatic carbocycles. The monoisotopic (exact) mass is 337 g/mol. The average Bonchev–Trinajstić information content (AvgIpc) is 3.01. The van der Waals surface area contributed by atoms with Crippen LogP contribution in [0.2, 0.25) is 5.02 Å². The van der Waals surface area contributed by atoms with Gasteiger partial charge in [-0.15, -0.1) is 0 Å². The number of pyridine rings is 1. The second-order valence-corrected chi connectivity index (χ2v) is 6.16. The van der Waals surface area contributed by atoms with Gasteiger partial charge in [-0.1, -0.05) is 29.8 Å². The van der Waals surface area contributed by atoms with Gasteiger partial charge in [0.15, 0.2) is 11.5 Å². The fourth-order valence-corrected chi connectivity index (χ4v) is 3.43. The molecule has 1 aliphatic rings.